The highest BCUT2D eigenvalue weighted by atomic mass is 79.9. The van der Waals surface area contributed by atoms with Crippen LogP contribution in [0, 0.1) is 5.41 Å². The minimum absolute atomic E-state index is 0.608. The van der Waals surface area contributed by atoms with E-state index in [1.165, 1.54) is 44.0 Å². The van der Waals surface area contributed by atoms with Crippen LogP contribution in [0.3, 0.4) is 0 Å². The van der Waals surface area contributed by atoms with Crippen molar-refractivity contribution in [2.24, 2.45) is 5.41 Å². The molecule has 0 aromatic heterocycles. The molecular weight excluding hydrogens is 238 g/mol. The smallest absolute Gasteiger partial charge is 0.0100 e. The lowest BCUT2D eigenvalue weighted by molar-refractivity contribution is 0.0796. The highest BCUT2D eigenvalue weighted by molar-refractivity contribution is 9.09. The summed E-state index contributed by atoms with van der Waals surface area (Å²) >= 11 is 3.68. The second kappa shape index (κ2) is 5.50. The lowest BCUT2D eigenvalue weighted by Crippen LogP contribution is -2.45. The summed E-state index contributed by atoms with van der Waals surface area (Å²) in [6.45, 7) is 5.88. The van der Waals surface area contributed by atoms with E-state index in [9.17, 15) is 0 Å². The summed E-state index contributed by atoms with van der Waals surface area (Å²) in [6.07, 6.45) is 6.84. The van der Waals surface area contributed by atoms with Crippen LogP contribution in [0.1, 0.15) is 46.0 Å². The van der Waals surface area contributed by atoms with Crippen molar-refractivity contribution in [1.82, 2.24) is 4.90 Å². The van der Waals surface area contributed by atoms with Gasteiger partial charge in [0.15, 0.2) is 0 Å². The van der Waals surface area contributed by atoms with Crippen molar-refractivity contribution in [2.75, 3.05) is 18.9 Å². The summed E-state index contributed by atoms with van der Waals surface area (Å²) in [6, 6.07) is 0.784. The van der Waals surface area contributed by atoms with E-state index < -0.39 is 0 Å². The Kier molecular flexibility index (Phi) is 4.92. The van der Waals surface area contributed by atoms with Crippen LogP contribution < -0.4 is 0 Å². The van der Waals surface area contributed by atoms with E-state index in [2.05, 4.69) is 41.7 Å². The van der Waals surface area contributed by atoms with E-state index >= 15 is 0 Å². The average Bonchev–Trinajstić information content (AvgIpc) is 2.13. The van der Waals surface area contributed by atoms with Crippen molar-refractivity contribution in [1.29, 1.82) is 0 Å². The molecule has 1 aliphatic rings. The molecule has 1 nitrogen and oxygen atoms in total. The van der Waals surface area contributed by atoms with E-state index in [-0.39, 0.29) is 0 Å². The molecule has 2 heteroatoms. The Balaban J connectivity index is 2.41. The van der Waals surface area contributed by atoms with Gasteiger partial charge in [0, 0.05) is 17.9 Å². The number of halogens is 1. The first-order valence-electron chi connectivity index (χ1n) is 5.93. The molecule has 1 rings (SSSR count). The Bertz CT molecular complexity index is 156. The van der Waals surface area contributed by atoms with Crippen LogP contribution >= 0.6 is 15.9 Å². The van der Waals surface area contributed by atoms with Gasteiger partial charge in [0.1, 0.15) is 0 Å². The number of rotatable bonds is 6. The lowest BCUT2D eigenvalue weighted by Gasteiger charge is -2.45. The van der Waals surface area contributed by atoms with Gasteiger partial charge in [0.25, 0.3) is 0 Å². The van der Waals surface area contributed by atoms with Crippen LogP contribution in [0.4, 0.5) is 0 Å². The number of alkyl halides is 1. The predicted molar refractivity (Wildman–Crippen MR) is 67.1 cm³/mol. The van der Waals surface area contributed by atoms with Crippen LogP contribution in [0.2, 0.25) is 0 Å². The lowest BCUT2D eigenvalue weighted by atomic mass is 9.70. The van der Waals surface area contributed by atoms with Crippen molar-refractivity contribution in [3.63, 3.8) is 0 Å². The zero-order valence-electron chi connectivity index (χ0n) is 9.85. The third-order valence-electron chi connectivity index (χ3n) is 3.85. The molecule has 0 N–H and O–H groups in total. The average molecular weight is 262 g/mol. The molecule has 1 fully saturated rings. The number of nitrogens with zero attached hydrogens (tertiary/aromatic N) is 1. The first-order valence-corrected chi connectivity index (χ1v) is 7.06. The van der Waals surface area contributed by atoms with Gasteiger partial charge in [-0.2, -0.15) is 0 Å². The monoisotopic (exact) mass is 261 g/mol. The van der Waals surface area contributed by atoms with Crippen molar-refractivity contribution < 1.29 is 0 Å². The molecule has 0 aromatic rings. The minimum atomic E-state index is 0.608. The molecule has 0 amide bonds. The van der Waals surface area contributed by atoms with E-state index in [1.807, 2.05) is 0 Å². The van der Waals surface area contributed by atoms with Gasteiger partial charge in [-0.1, -0.05) is 36.2 Å². The quantitative estimate of drug-likeness (QED) is 0.660. The molecule has 0 saturated heterocycles. The highest BCUT2D eigenvalue weighted by Gasteiger charge is 2.37. The molecule has 0 unspecified atom stereocenters. The van der Waals surface area contributed by atoms with Crippen LogP contribution in [0.15, 0.2) is 0 Å². The fourth-order valence-electron chi connectivity index (χ4n) is 2.58. The Morgan fingerprint density at radius 1 is 1.29 bits per heavy atom. The van der Waals surface area contributed by atoms with Gasteiger partial charge < -0.3 is 4.90 Å². The number of hydrogen-bond donors (Lipinski definition) is 0. The Morgan fingerprint density at radius 2 is 1.86 bits per heavy atom. The fourth-order valence-corrected chi connectivity index (χ4v) is 3.32. The third-order valence-corrected chi connectivity index (χ3v) is 5.04. The maximum atomic E-state index is 3.68. The third kappa shape index (κ3) is 2.73. The minimum Gasteiger partial charge on any atom is -0.303 e. The standard InChI is InChI=1S/C12H24BrN/c1-4-11(5-2)14(3)10-12(9-13)7-6-8-12/h11H,4-10H2,1-3H3. The van der Waals surface area contributed by atoms with Crippen LogP contribution in [0.5, 0.6) is 0 Å². The van der Waals surface area contributed by atoms with Gasteiger partial charge in [-0.25, -0.2) is 0 Å². The highest BCUT2D eigenvalue weighted by Crippen LogP contribution is 2.43. The summed E-state index contributed by atoms with van der Waals surface area (Å²) < 4.78 is 0. The maximum absolute atomic E-state index is 3.68. The second-order valence-corrected chi connectivity index (χ2v) is 5.43. The Hall–Kier alpha value is 0.440. The fraction of sp³-hybridized carbons (Fsp3) is 1.00. The zero-order chi connectivity index (χ0) is 10.6. The topological polar surface area (TPSA) is 3.24 Å². The van der Waals surface area contributed by atoms with Gasteiger partial charge in [-0.05, 0) is 38.1 Å². The molecule has 84 valence electrons. The SMILES string of the molecule is CCC(CC)N(C)CC1(CBr)CCC1. The first kappa shape index (κ1) is 12.5. The maximum Gasteiger partial charge on any atom is 0.0100 e. The molecule has 1 saturated carbocycles. The van der Waals surface area contributed by atoms with Crippen LogP contribution in [-0.2, 0) is 0 Å². The van der Waals surface area contributed by atoms with Crippen LogP contribution in [-0.4, -0.2) is 29.9 Å². The van der Waals surface area contributed by atoms with E-state index in [0.717, 1.165) is 6.04 Å². The molecule has 14 heavy (non-hydrogen) atoms. The van der Waals surface area contributed by atoms with Gasteiger partial charge >= 0.3 is 0 Å². The molecule has 1 aliphatic carbocycles. The van der Waals surface area contributed by atoms with E-state index in [4.69, 9.17) is 0 Å². The molecule has 0 bridgehead atoms. The zero-order valence-corrected chi connectivity index (χ0v) is 11.4. The van der Waals surface area contributed by atoms with Gasteiger partial charge in [0.2, 0.25) is 0 Å². The normalized spacial score (nSPS) is 20.1. The van der Waals surface area contributed by atoms with Crippen molar-refractivity contribution in [3.05, 3.63) is 0 Å². The first-order chi connectivity index (χ1) is 6.67. The predicted octanol–water partition coefficient (Wildman–Crippen LogP) is 3.67. The second-order valence-electron chi connectivity index (χ2n) is 4.87. The van der Waals surface area contributed by atoms with E-state index in [1.54, 1.807) is 0 Å². The molecule has 0 aliphatic heterocycles. The summed E-state index contributed by atoms with van der Waals surface area (Å²) in [5.41, 5.74) is 0.608. The summed E-state index contributed by atoms with van der Waals surface area (Å²) in [4.78, 5) is 2.57. The molecule has 0 aromatic carbocycles. The van der Waals surface area contributed by atoms with Gasteiger partial charge in [-0.15, -0.1) is 0 Å². The van der Waals surface area contributed by atoms with Crippen molar-refractivity contribution >= 4 is 15.9 Å². The Labute approximate surface area is 97.4 Å². The van der Waals surface area contributed by atoms with Crippen LogP contribution in [0.25, 0.3) is 0 Å². The molecule has 0 atom stereocenters. The Morgan fingerprint density at radius 3 is 2.14 bits per heavy atom. The molecule has 0 spiro atoms. The van der Waals surface area contributed by atoms with Gasteiger partial charge in [-0.3, -0.25) is 0 Å². The molecule has 0 radical (unpaired) electrons. The van der Waals surface area contributed by atoms with E-state index in [0.29, 0.717) is 5.41 Å². The summed E-state index contributed by atoms with van der Waals surface area (Å²) in [7, 11) is 2.29. The van der Waals surface area contributed by atoms with Crippen molar-refractivity contribution in [2.45, 2.75) is 52.0 Å². The number of hydrogen-bond acceptors (Lipinski definition) is 1. The summed E-state index contributed by atoms with van der Waals surface area (Å²) in [5.74, 6) is 0. The summed E-state index contributed by atoms with van der Waals surface area (Å²) in [5, 5.41) is 1.19. The molecular formula is C12H24BrN. The van der Waals surface area contributed by atoms with Gasteiger partial charge in [0.05, 0.1) is 0 Å². The molecule has 0 heterocycles. The largest absolute Gasteiger partial charge is 0.303 e. The van der Waals surface area contributed by atoms with Crippen molar-refractivity contribution in [3.8, 4) is 0 Å².